The molecule has 2 aliphatic heterocycles. The average molecular weight is 233 g/mol. The summed E-state index contributed by atoms with van der Waals surface area (Å²) in [6.07, 6.45) is 0.881. The van der Waals surface area contributed by atoms with E-state index in [2.05, 4.69) is 5.32 Å². The van der Waals surface area contributed by atoms with Crippen LogP contribution in [0.1, 0.15) is 30.1 Å². The number of piperidine rings is 1. The third-order valence-corrected chi connectivity index (χ3v) is 3.71. The molecule has 2 heterocycles. The lowest BCUT2D eigenvalue weighted by Crippen LogP contribution is -2.40. The fourth-order valence-corrected chi connectivity index (χ4v) is 2.89. The highest BCUT2D eigenvalue weighted by atomic mass is 16.5. The smallest absolute Gasteiger partial charge is 0.337 e. The number of benzene rings is 1. The lowest BCUT2D eigenvalue weighted by molar-refractivity contribution is -0.164. The van der Waals surface area contributed by atoms with E-state index in [9.17, 15) is 9.90 Å². The summed E-state index contributed by atoms with van der Waals surface area (Å²) < 4.78 is 5.88. The van der Waals surface area contributed by atoms with Gasteiger partial charge in [-0.15, -0.1) is 0 Å². The molecule has 1 aromatic carbocycles. The van der Waals surface area contributed by atoms with Crippen molar-refractivity contribution < 1.29 is 14.6 Å². The fraction of sp³-hybridized carbons (Fsp3) is 0.462. The molecular formula is C13H15NO3. The van der Waals surface area contributed by atoms with Gasteiger partial charge in [-0.2, -0.15) is 0 Å². The van der Waals surface area contributed by atoms with Crippen LogP contribution in [0.25, 0.3) is 0 Å². The van der Waals surface area contributed by atoms with Gasteiger partial charge in [0.05, 0.1) is 5.60 Å². The molecule has 1 atom stereocenters. The van der Waals surface area contributed by atoms with E-state index in [1.54, 1.807) is 0 Å². The van der Waals surface area contributed by atoms with Crippen LogP contribution in [0, 0.1) is 0 Å². The minimum absolute atomic E-state index is 0.384. The van der Waals surface area contributed by atoms with Crippen LogP contribution in [-0.4, -0.2) is 24.2 Å². The van der Waals surface area contributed by atoms with E-state index in [4.69, 9.17) is 4.74 Å². The number of nitrogens with one attached hydrogen (secondary N) is 1. The molecule has 90 valence electrons. The van der Waals surface area contributed by atoms with Crippen molar-refractivity contribution in [1.82, 2.24) is 5.32 Å². The van der Waals surface area contributed by atoms with Gasteiger partial charge in [-0.3, -0.25) is 0 Å². The van der Waals surface area contributed by atoms with E-state index in [-0.39, 0.29) is 5.60 Å². The summed E-state index contributed by atoms with van der Waals surface area (Å²) in [5, 5.41) is 12.5. The highest BCUT2D eigenvalue weighted by Gasteiger charge is 2.47. The second-order valence-electron chi connectivity index (χ2n) is 4.67. The number of carbonyl (C=O) groups is 1. The zero-order chi connectivity index (χ0) is 11.9. The number of carboxylic acids is 1. The average Bonchev–Trinajstić information content (AvgIpc) is 2.66. The lowest BCUT2D eigenvalue weighted by atomic mass is 9.84. The number of ether oxygens (including phenoxy) is 1. The van der Waals surface area contributed by atoms with E-state index in [1.165, 1.54) is 0 Å². The Hall–Kier alpha value is -1.39. The van der Waals surface area contributed by atoms with E-state index < -0.39 is 12.1 Å². The maximum absolute atomic E-state index is 11.2. The number of carboxylic acid groups (broad SMARTS) is 1. The lowest BCUT2D eigenvalue weighted by Gasteiger charge is -2.34. The molecule has 2 N–H and O–H groups in total. The number of fused-ring (bicyclic) bond motifs is 2. The van der Waals surface area contributed by atoms with Crippen LogP contribution in [-0.2, 0) is 15.1 Å². The molecule has 1 fully saturated rings. The minimum Gasteiger partial charge on any atom is -0.479 e. The zero-order valence-electron chi connectivity index (χ0n) is 9.48. The fourth-order valence-electron chi connectivity index (χ4n) is 2.89. The molecular weight excluding hydrogens is 218 g/mol. The second-order valence-corrected chi connectivity index (χ2v) is 4.67. The zero-order valence-corrected chi connectivity index (χ0v) is 9.48. The Bertz CT molecular complexity index is 452. The second kappa shape index (κ2) is 3.82. The maximum atomic E-state index is 11.2. The molecule has 0 bridgehead atoms. The molecule has 1 saturated heterocycles. The molecule has 1 unspecified atom stereocenters. The van der Waals surface area contributed by atoms with Gasteiger partial charge in [0.15, 0.2) is 6.10 Å². The van der Waals surface area contributed by atoms with Crippen molar-refractivity contribution in [1.29, 1.82) is 0 Å². The highest BCUT2D eigenvalue weighted by Crippen LogP contribution is 2.48. The molecule has 4 heteroatoms. The minimum atomic E-state index is -0.896. The topological polar surface area (TPSA) is 58.6 Å². The van der Waals surface area contributed by atoms with Crippen molar-refractivity contribution in [2.75, 3.05) is 13.1 Å². The Morgan fingerprint density at radius 3 is 2.76 bits per heavy atom. The molecule has 4 nitrogen and oxygen atoms in total. The van der Waals surface area contributed by atoms with Gasteiger partial charge in [0.25, 0.3) is 0 Å². The van der Waals surface area contributed by atoms with Crippen LogP contribution in [0.5, 0.6) is 0 Å². The van der Waals surface area contributed by atoms with Crippen LogP contribution in [0.15, 0.2) is 24.3 Å². The van der Waals surface area contributed by atoms with Gasteiger partial charge in [-0.05, 0) is 37.1 Å². The van der Waals surface area contributed by atoms with Crippen LogP contribution < -0.4 is 5.32 Å². The van der Waals surface area contributed by atoms with E-state index >= 15 is 0 Å². The Morgan fingerprint density at radius 1 is 1.35 bits per heavy atom. The Balaban J connectivity index is 2.07. The van der Waals surface area contributed by atoms with E-state index in [0.717, 1.165) is 37.1 Å². The first-order chi connectivity index (χ1) is 8.23. The van der Waals surface area contributed by atoms with Crippen molar-refractivity contribution in [2.24, 2.45) is 0 Å². The summed E-state index contributed by atoms with van der Waals surface area (Å²) >= 11 is 0. The molecule has 1 spiro atoms. The third-order valence-electron chi connectivity index (χ3n) is 3.71. The van der Waals surface area contributed by atoms with Gasteiger partial charge >= 0.3 is 5.97 Å². The first-order valence-electron chi connectivity index (χ1n) is 5.94. The summed E-state index contributed by atoms with van der Waals surface area (Å²) in [6.45, 7) is 1.75. The third kappa shape index (κ3) is 1.56. The van der Waals surface area contributed by atoms with Gasteiger partial charge in [0, 0.05) is 0 Å². The summed E-state index contributed by atoms with van der Waals surface area (Å²) in [7, 11) is 0. The quantitative estimate of drug-likeness (QED) is 0.770. The first kappa shape index (κ1) is 10.7. The predicted molar refractivity (Wildman–Crippen MR) is 61.7 cm³/mol. The van der Waals surface area contributed by atoms with E-state index in [1.807, 2.05) is 24.3 Å². The molecule has 0 radical (unpaired) electrons. The molecule has 1 aromatic rings. The molecule has 0 aromatic heterocycles. The monoisotopic (exact) mass is 233 g/mol. The van der Waals surface area contributed by atoms with Crippen LogP contribution in [0.4, 0.5) is 0 Å². The molecule has 0 amide bonds. The number of hydrogen-bond acceptors (Lipinski definition) is 3. The molecule has 0 aliphatic carbocycles. The Labute approximate surface area is 99.6 Å². The largest absolute Gasteiger partial charge is 0.479 e. The number of hydrogen-bond donors (Lipinski definition) is 2. The summed E-state index contributed by atoms with van der Waals surface area (Å²) in [4.78, 5) is 11.2. The van der Waals surface area contributed by atoms with Crippen LogP contribution in [0.3, 0.4) is 0 Å². The molecule has 0 saturated carbocycles. The molecule has 17 heavy (non-hydrogen) atoms. The van der Waals surface area contributed by atoms with Crippen molar-refractivity contribution >= 4 is 5.97 Å². The summed E-state index contributed by atoms with van der Waals surface area (Å²) in [5.41, 5.74) is 1.50. The van der Waals surface area contributed by atoms with Crippen molar-refractivity contribution in [3.63, 3.8) is 0 Å². The predicted octanol–water partition coefficient (Wildman–Crippen LogP) is 1.42. The SMILES string of the molecule is O=C(O)C1OC2(CCNCC2)c2ccccc21. The van der Waals surface area contributed by atoms with Crippen molar-refractivity contribution in [3.05, 3.63) is 35.4 Å². The van der Waals surface area contributed by atoms with Crippen molar-refractivity contribution in [3.8, 4) is 0 Å². The summed E-state index contributed by atoms with van der Waals surface area (Å²) in [6, 6.07) is 7.70. The van der Waals surface area contributed by atoms with Gasteiger partial charge in [0.1, 0.15) is 0 Å². The molecule has 3 rings (SSSR count). The number of aliphatic carboxylic acids is 1. The maximum Gasteiger partial charge on any atom is 0.337 e. The van der Waals surface area contributed by atoms with Crippen LogP contribution >= 0.6 is 0 Å². The standard InChI is InChI=1S/C13H15NO3/c15-12(16)11-9-3-1-2-4-10(9)13(17-11)5-7-14-8-6-13/h1-4,11,14H,5-8H2,(H,15,16). The Morgan fingerprint density at radius 2 is 2.06 bits per heavy atom. The van der Waals surface area contributed by atoms with Gasteiger partial charge in [-0.1, -0.05) is 24.3 Å². The van der Waals surface area contributed by atoms with Crippen LogP contribution in [0.2, 0.25) is 0 Å². The van der Waals surface area contributed by atoms with Gasteiger partial charge in [0.2, 0.25) is 0 Å². The first-order valence-corrected chi connectivity index (χ1v) is 5.94. The van der Waals surface area contributed by atoms with Gasteiger partial charge < -0.3 is 15.2 Å². The van der Waals surface area contributed by atoms with Gasteiger partial charge in [-0.25, -0.2) is 4.79 Å². The summed E-state index contributed by atoms with van der Waals surface area (Å²) in [5.74, 6) is -0.896. The highest BCUT2D eigenvalue weighted by molar-refractivity contribution is 5.76. The normalized spacial score (nSPS) is 25.8. The Kier molecular flexibility index (Phi) is 2.42. The molecule has 2 aliphatic rings. The van der Waals surface area contributed by atoms with Crippen molar-refractivity contribution in [2.45, 2.75) is 24.5 Å². The number of rotatable bonds is 1. The van der Waals surface area contributed by atoms with E-state index in [0.29, 0.717) is 0 Å².